The number of imidazole rings is 1. The van der Waals surface area contributed by atoms with E-state index < -0.39 is 50.0 Å². The highest BCUT2D eigenvalue weighted by atomic mass is 31.2. The predicted octanol–water partition coefficient (Wildman–Crippen LogP) is 2.96. The van der Waals surface area contributed by atoms with E-state index in [1.807, 2.05) is 13.8 Å². The van der Waals surface area contributed by atoms with Crippen LogP contribution in [0.1, 0.15) is 40.8 Å². The fraction of sp³-hybridized carbons (Fsp3) is 0.714. The molecular formula is C21H31FN6O7P-. The van der Waals surface area contributed by atoms with Crippen LogP contribution in [0.3, 0.4) is 0 Å². The fourth-order valence-electron chi connectivity index (χ4n) is 3.96. The summed E-state index contributed by atoms with van der Waals surface area (Å²) in [7, 11) is -3.86. The topological polar surface area (TPSA) is 164 Å². The minimum Gasteiger partial charge on any atom is -0.640 e. The van der Waals surface area contributed by atoms with Crippen LogP contribution in [0.15, 0.2) is 6.33 Å². The average Bonchev–Trinajstić information content (AvgIpc) is 3.34. The average molecular weight is 529 g/mol. The minimum absolute atomic E-state index is 0.0737. The van der Waals surface area contributed by atoms with E-state index in [9.17, 15) is 9.36 Å². The number of hydrogen-bond donors (Lipinski definition) is 1. The minimum atomic E-state index is -3.86. The van der Waals surface area contributed by atoms with Gasteiger partial charge >= 0.3 is 7.60 Å². The Bertz CT molecular complexity index is 1160. The Morgan fingerprint density at radius 2 is 2.17 bits per heavy atom. The molecule has 2 aliphatic heterocycles. The van der Waals surface area contributed by atoms with Gasteiger partial charge in [-0.05, 0) is 32.1 Å². The van der Waals surface area contributed by atoms with E-state index in [0.717, 1.165) is 0 Å². The lowest BCUT2D eigenvalue weighted by atomic mass is 9.98. The molecule has 0 aliphatic carbocycles. The molecule has 6 atom stereocenters. The van der Waals surface area contributed by atoms with Gasteiger partial charge in [-0.3, -0.25) is 18.5 Å². The van der Waals surface area contributed by atoms with Gasteiger partial charge in [0.2, 0.25) is 11.8 Å². The van der Waals surface area contributed by atoms with Gasteiger partial charge in [-0.2, -0.15) is 9.97 Å². The molecule has 0 radical (unpaired) electrons. The van der Waals surface area contributed by atoms with Crippen LogP contribution in [0.25, 0.3) is 16.5 Å². The molecule has 2 fully saturated rings. The molecule has 200 valence electrons. The van der Waals surface area contributed by atoms with Gasteiger partial charge in [0.1, 0.15) is 12.2 Å². The number of anilines is 1. The van der Waals surface area contributed by atoms with Crippen molar-refractivity contribution in [1.82, 2.24) is 19.5 Å². The lowest BCUT2D eigenvalue weighted by Gasteiger charge is -2.38. The van der Waals surface area contributed by atoms with Crippen molar-refractivity contribution < 1.29 is 37.0 Å². The largest absolute Gasteiger partial charge is 0.640 e. The molecule has 15 heteroatoms. The first-order chi connectivity index (χ1) is 16.9. The summed E-state index contributed by atoms with van der Waals surface area (Å²) < 4.78 is 58.4. The van der Waals surface area contributed by atoms with Gasteiger partial charge in [0.05, 0.1) is 26.1 Å². The summed E-state index contributed by atoms with van der Waals surface area (Å²) in [5.41, 5.74) is 4.16. The summed E-state index contributed by atoms with van der Waals surface area (Å²) in [5, 5.41) is 4.10. The summed E-state index contributed by atoms with van der Waals surface area (Å²) in [6.07, 6.45) is -2.41. The predicted molar refractivity (Wildman–Crippen MR) is 126 cm³/mol. The van der Waals surface area contributed by atoms with Crippen molar-refractivity contribution in [2.75, 3.05) is 31.8 Å². The number of alkyl halides is 1. The van der Waals surface area contributed by atoms with Crippen LogP contribution in [0, 0.1) is 5.92 Å². The number of ether oxygens (including phenoxy) is 3. The normalized spacial score (nSPS) is 30.9. The molecule has 2 aromatic rings. The highest BCUT2D eigenvalue weighted by molar-refractivity contribution is 7.54. The number of nitrogens with two attached hydrogens (primary N) is 1. The number of esters is 1. The number of nitrogen functional groups attached to an aromatic ring is 1. The van der Waals surface area contributed by atoms with Crippen molar-refractivity contribution in [3.05, 3.63) is 11.6 Å². The van der Waals surface area contributed by atoms with Crippen LogP contribution in [0.5, 0.6) is 5.88 Å². The Balaban J connectivity index is 1.49. The number of rotatable bonds is 9. The maximum atomic E-state index is 16.2. The van der Waals surface area contributed by atoms with E-state index in [2.05, 4.69) is 20.3 Å². The second-order valence-electron chi connectivity index (χ2n) is 9.28. The molecule has 4 rings (SSSR count). The van der Waals surface area contributed by atoms with Crippen LogP contribution in [-0.2, 0) is 27.9 Å². The number of carbonyl (C=O) groups excluding carboxylic acids is 1. The molecule has 2 saturated heterocycles. The third-order valence-electron chi connectivity index (χ3n) is 5.76. The molecular weight excluding hydrogens is 498 g/mol. The third-order valence-corrected chi connectivity index (χ3v) is 7.36. The zero-order valence-electron chi connectivity index (χ0n) is 20.8. The Labute approximate surface area is 207 Å². The SMILES string of the molecule is CCOc1nc(N)nc2c1ncn2[C@@H]1O[C@@H]2COP(=O)(C[N-][C@@H](C)C(=O)OCC(C)C)O[C@H]2[C@@]1(C)F. The number of aromatic nitrogens is 4. The lowest BCUT2D eigenvalue weighted by molar-refractivity contribution is -0.145. The van der Waals surface area contributed by atoms with Gasteiger partial charge < -0.3 is 29.8 Å². The van der Waals surface area contributed by atoms with Crippen molar-refractivity contribution in [3.63, 3.8) is 0 Å². The van der Waals surface area contributed by atoms with Crippen LogP contribution in [0.2, 0.25) is 0 Å². The first-order valence-electron chi connectivity index (χ1n) is 11.7. The summed E-state index contributed by atoms with van der Waals surface area (Å²) in [5.74, 6) is -0.290. The van der Waals surface area contributed by atoms with Crippen LogP contribution in [0.4, 0.5) is 10.3 Å². The monoisotopic (exact) mass is 529 g/mol. The van der Waals surface area contributed by atoms with Gasteiger partial charge in [-0.1, -0.05) is 20.8 Å². The van der Waals surface area contributed by atoms with Crippen molar-refractivity contribution >= 4 is 30.7 Å². The quantitative estimate of drug-likeness (QED) is 0.375. The molecule has 13 nitrogen and oxygen atoms in total. The zero-order chi connectivity index (χ0) is 26.3. The molecule has 2 aromatic heterocycles. The number of carbonyl (C=O) groups is 1. The fourth-order valence-corrected chi connectivity index (χ4v) is 5.67. The molecule has 2 aliphatic rings. The maximum Gasteiger partial charge on any atom is 0.311 e. The molecule has 0 spiro atoms. The number of fused-ring (bicyclic) bond motifs is 2. The molecule has 0 aromatic carbocycles. The molecule has 2 N–H and O–H groups in total. The maximum absolute atomic E-state index is 16.2. The molecule has 36 heavy (non-hydrogen) atoms. The molecule has 4 heterocycles. The lowest BCUT2D eigenvalue weighted by Crippen LogP contribution is -2.45. The van der Waals surface area contributed by atoms with Crippen molar-refractivity contribution in [1.29, 1.82) is 0 Å². The Kier molecular flexibility index (Phi) is 7.54. The first-order valence-corrected chi connectivity index (χ1v) is 13.4. The summed E-state index contributed by atoms with van der Waals surface area (Å²) >= 11 is 0. The number of hydrogen-bond acceptors (Lipinski definition) is 11. The van der Waals surface area contributed by atoms with Crippen LogP contribution >= 0.6 is 7.60 Å². The molecule has 0 bridgehead atoms. The highest BCUT2D eigenvalue weighted by Crippen LogP contribution is 2.59. The van der Waals surface area contributed by atoms with Gasteiger partial charge in [0.15, 0.2) is 23.1 Å². The Morgan fingerprint density at radius 3 is 2.86 bits per heavy atom. The Morgan fingerprint density at radius 1 is 1.42 bits per heavy atom. The van der Waals surface area contributed by atoms with E-state index in [-0.39, 0.29) is 36.6 Å². The molecule has 0 saturated carbocycles. The van der Waals surface area contributed by atoms with Gasteiger partial charge in [0, 0.05) is 0 Å². The van der Waals surface area contributed by atoms with Gasteiger partial charge in [-0.15, -0.1) is 0 Å². The standard InChI is InChI=1S/C21H31FN6O7P/c1-6-31-17-14-16(26-20(23)27-17)28(9-24-14)19-21(5,22)15-13(34-19)8-33-36(30,35-15)10-25-12(4)18(29)32-7-11(2)3/h9,11-13,15,19H,6-8,10H2,1-5H3,(H2,23,26,27)/q-1/t12-,13+,15+,19+,21+,36?/m0/s1. The Hall–Kier alpha value is -2.38. The van der Waals surface area contributed by atoms with Crippen LogP contribution < -0.4 is 10.5 Å². The van der Waals surface area contributed by atoms with E-state index in [0.29, 0.717) is 12.1 Å². The third kappa shape index (κ3) is 5.18. The number of halogens is 1. The summed E-state index contributed by atoms with van der Waals surface area (Å²) in [6, 6.07) is -0.883. The number of nitrogens with zero attached hydrogens (tertiary/aromatic N) is 5. The second kappa shape index (κ2) is 10.2. The summed E-state index contributed by atoms with van der Waals surface area (Å²) in [6.45, 7) is 8.77. The first kappa shape index (κ1) is 26.7. The van der Waals surface area contributed by atoms with E-state index in [4.69, 9.17) is 29.0 Å². The van der Waals surface area contributed by atoms with Crippen molar-refractivity contribution in [2.24, 2.45) is 5.92 Å². The van der Waals surface area contributed by atoms with E-state index >= 15 is 4.39 Å². The summed E-state index contributed by atoms with van der Waals surface area (Å²) in [4.78, 5) is 24.5. The van der Waals surface area contributed by atoms with Gasteiger partial charge in [-0.25, -0.2) is 9.37 Å². The van der Waals surface area contributed by atoms with E-state index in [1.54, 1.807) is 6.92 Å². The van der Waals surface area contributed by atoms with Crippen molar-refractivity contribution in [2.45, 2.75) is 64.8 Å². The van der Waals surface area contributed by atoms with Gasteiger partial charge in [0.25, 0.3) is 5.97 Å². The van der Waals surface area contributed by atoms with E-state index in [1.165, 1.54) is 24.7 Å². The molecule has 0 amide bonds. The van der Waals surface area contributed by atoms with Crippen LogP contribution in [-0.4, -0.2) is 75.5 Å². The van der Waals surface area contributed by atoms with Crippen molar-refractivity contribution in [3.8, 4) is 5.88 Å². The highest BCUT2D eigenvalue weighted by Gasteiger charge is 2.60. The second-order valence-corrected chi connectivity index (χ2v) is 11.3. The zero-order valence-corrected chi connectivity index (χ0v) is 21.7. The molecule has 1 unspecified atom stereocenters. The smallest absolute Gasteiger partial charge is 0.311 e.